The lowest BCUT2D eigenvalue weighted by Gasteiger charge is -2.27. The molecule has 0 saturated heterocycles. The van der Waals surface area contributed by atoms with Gasteiger partial charge in [0.05, 0.1) is 5.60 Å². The second-order valence-electron chi connectivity index (χ2n) is 5.74. The van der Waals surface area contributed by atoms with Crippen molar-refractivity contribution in [2.24, 2.45) is 5.92 Å². The molecule has 0 heterocycles. The highest BCUT2D eigenvalue weighted by Gasteiger charge is 2.34. The van der Waals surface area contributed by atoms with Crippen molar-refractivity contribution >= 4 is 0 Å². The van der Waals surface area contributed by atoms with Crippen LogP contribution in [-0.4, -0.2) is 5.11 Å². The van der Waals surface area contributed by atoms with Crippen molar-refractivity contribution in [2.45, 2.75) is 57.5 Å². The van der Waals surface area contributed by atoms with Gasteiger partial charge < -0.3 is 5.11 Å². The molecule has 2 rings (SSSR count). The van der Waals surface area contributed by atoms with Crippen LogP contribution in [0.2, 0.25) is 0 Å². The fourth-order valence-corrected chi connectivity index (χ4v) is 3.22. The molecule has 1 nitrogen and oxygen atoms in total. The van der Waals surface area contributed by atoms with E-state index >= 15 is 0 Å². The second-order valence-corrected chi connectivity index (χ2v) is 5.74. The average Bonchev–Trinajstić information content (AvgIpc) is 2.56. The summed E-state index contributed by atoms with van der Waals surface area (Å²) in [6, 6.07) is 3.35. The van der Waals surface area contributed by atoms with Crippen LogP contribution < -0.4 is 0 Å². The van der Waals surface area contributed by atoms with Crippen LogP contribution in [0.15, 0.2) is 18.2 Å². The van der Waals surface area contributed by atoms with Crippen LogP contribution in [0.1, 0.15) is 57.4 Å². The lowest BCUT2D eigenvalue weighted by atomic mass is 9.85. The van der Waals surface area contributed by atoms with Crippen molar-refractivity contribution in [3.63, 3.8) is 0 Å². The van der Waals surface area contributed by atoms with Crippen LogP contribution in [0.5, 0.6) is 0 Å². The van der Waals surface area contributed by atoms with Crippen molar-refractivity contribution in [3.8, 4) is 0 Å². The Balaban J connectivity index is 2.20. The Kier molecular flexibility index (Phi) is 4.56. The monoisotopic (exact) mass is 268 g/mol. The second kappa shape index (κ2) is 6.00. The fraction of sp³-hybridized carbons (Fsp3) is 0.625. The van der Waals surface area contributed by atoms with Gasteiger partial charge in [0.2, 0.25) is 0 Å². The number of benzene rings is 1. The number of rotatable bonds is 3. The van der Waals surface area contributed by atoms with E-state index in [4.69, 9.17) is 0 Å². The Morgan fingerprint density at radius 2 is 2.05 bits per heavy atom. The number of halogens is 2. The minimum atomic E-state index is -1.20. The zero-order valence-electron chi connectivity index (χ0n) is 11.5. The molecule has 2 unspecified atom stereocenters. The highest BCUT2D eigenvalue weighted by Crippen LogP contribution is 2.40. The topological polar surface area (TPSA) is 20.2 Å². The Morgan fingerprint density at radius 3 is 2.79 bits per heavy atom. The lowest BCUT2D eigenvalue weighted by molar-refractivity contribution is 0.0158. The first-order valence-electron chi connectivity index (χ1n) is 7.23. The van der Waals surface area contributed by atoms with Crippen molar-refractivity contribution in [1.29, 1.82) is 0 Å². The summed E-state index contributed by atoms with van der Waals surface area (Å²) in [4.78, 5) is 0. The van der Waals surface area contributed by atoms with E-state index in [1.165, 1.54) is 0 Å². The maximum atomic E-state index is 13.9. The predicted molar refractivity (Wildman–Crippen MR) is 71.7 cm³/mol. The van der Waals surface area contributed by atoms with Gasteiger partial charge in [-0.05, 0) is 49.8 Å². The smallest absolute Gasteiger partial charge is 0.129 e. The zero-order chi connectivity index (χ0) is 13.9. The van der Waals surface area contributed by atoms with E-state index in [1.807, 2.05) is 0 Å². The summed E-state index contributed by atoms with van der Waals surface area (Å²) >= 11 is 0. The Labute approximate surface area is 113 Å². The molecule has 0 aromatic heterocycles. The normalized spacial score (nSPS) is 28.1. The summed E-state index contributed by atoms with van der Waals surface area (Å²) in [5.41, 5.74) is -1.07. The van der Waals surface area contributed by atoms with Crippen LogP contribution >= 0.6 is 0 Å². The quantitative estimate of drug-likeness (QED) is 0.798. The molecule has 0 amide bonds. The van der Waals surface area contributed by atoms with Crippen molar-refractivity contribution in [1.82, 2.24) is 0 Å². The molecular formula is C16H22F2O. The van der Waals surface area contributed by atoms with Gasteiger partial charge in [-0.15, -0.1) is 0 Å². The van der Waals surface area contributed by atoms with E-state index in [1.54, 1.807) is 0 Å². The molecule has 106 valence electrons. The van der Waals surface area contributed by atoms with Crippen LogP contribution in [0, 0.1) is 17.6 Å². The molecule has 1 aliphatic carbocycles. The maximum absolute atomic E-state index is 13.9. The third kappa shape index (κ3) is 3.33. The fourth-order valence-electron chi connectivity index (χ4n) is 3.22. The molecule has 0 spiro atoms. The molecule has 3 heteroatoms. The van der Waals surface area contributed by atoms with Gasteiger partial charge in [0.25, 0.3) is 0 Å². The summed E-state index contributed by atoms with van der Waals surface area (Å²) in [6.07, 6.45) is 6.18. The maximum Gasteiger partial charge on any atom is 0.129 e. The SMILES string of the molecule is CCCC1CCCC(O)(c2cc(F)ccc2F)CC1. The van der Waals surface area contributed by atoms with E-state index in [9.17, 15) is 13.9 Å². The molecule has 19 heavy (non-hydrogen) atoms. The van der Waals surface area contributed by atoms with E-state index < -0.39 is 17.2 Å². The van der Waals surface area contributed by atoms with Crippen molar-refractivity contribution in [3.05, 3.63) is 35.4 Å². The third-order valence-corrected chi connectivity index (χ3v) is 4.30. The Morgan fingerprint density at radius 1 is 1.26 bits per heavy atom. The van der Waals surface area contributed by atoms with Gasteiger partial charge in [0, 0.05) is 5.56 Å². The van der Waals surface area contributed by atoms with Gasteiger partial charge in [-0.3, -0.25) is 0 Å². The van der Waals surface area contributed by atoms with Crippen LogP contribution in [-0.2, 0) is 5.60 Å². The molecule has 1 saturated carbocycles. The highest BCUT2D eigenvalue weighted by atomic mass is 19.1. The molecule has 1 N–H and O–H groups in total. The number of hydrogen-bond acceptors (Lipinski definition) is 1. The number of aliphatic hydroxyl groups is 1. The molecule has 1 aromatic carbocycles. The van der Waals surface area contributed by atoms with E-state index in [0.717, 1.165) is 50.3 Å². The van der Waals surface area contributed by atoms with Crippen LogP contribution in [0.3, 0.4) is 0 Å². The lowest BCUT2D eigenvalue weighted by Crippen LogP contribution is -2.26. The molecule has 1 fully saturated rings. The summed E-state index contributed by atoms with van der Waals surface area (Å²) in [6.45, 7) is 2.16. The zero-order valence-corrected chi connectivity index (χ0v) is 11.5. The minimum Gasteiger partial charge on any atom is -0.385 e. The summed E-state index contributed by atoms with van der Waals surface area (Å²) in [5, 5.41) is 10.7. The molecule has 0 aliphatic heterocycles. The van der Waals surface area contributed by atoms with Crippen molar-refractivity contribution < 1.29 is 13.9 Å². The van der Waals surface area contributed by atoms with Gasteiger partial charge in [-0.2, -0.15) is 0 Å². The molecular weight excluding hydrogens is 246 g/mol. The standard InChI is InChI=1S/C16H22F2O/c1-2-4-12-5-3-9-16(19,10-8-12)14-11-13(17)6-7-15(14)18/h6-7,11-12,19H,2-5,8-10H2,1H3. The highest BCUT2D eigenvalue weighted by molar-refractivity contribution is 5.25. The first-order valence-corrected chi connectivity index (χ1v) is 7.23. The minimum absolute atomic E-state index is 0.129. The molecule has 0 radical (unpaired) electrons. The van der Waals surface area contributed by atoms with Crippen LogP contribution in [0.4, 0.5) is 8.78 Å². The van der Waals surface area contributed by atoms with Crippen LogP contribution in [0.25, 0.3) is 0 Å². The first-order chi connectivity index (χ1) is 9.05. The summed E-state index contributed by atoms with van der Waals surface area (Å²) in [5.74, 6) is -0.382. The Hall–Kier alpha value is -0.960. The largest absolute Gasteiger partial charge is 0.385 e. The van der Waals surface area contributed by atoms with E-state index in [0.29, 0.717) is 18.8 Å². The van der Waals surface area contributed by atoms with Gasteiger partial charge >= 0.3 is 0 Å². The van der Waals surface area contributed by atoms with E-state index in [2.05, 4.69) is 6.92 Å². The van der Waals surface area contributed by atoms with E-state index in [-0.39, 0.29) is 5.56 Å². The third-order valence-electron chi connectivity index (χ3n) is 4.30. The average molecular weight is 268 g/mol. The molecule has 0 bridgehead atoms. The molecule has 1 aromatic rings. The molecule has 1 aliphatic rings. The predicted octanol–water partition coefficient (Wildman–Crippen LogP) is 4.53. The van der Waals surface area contributed by atoms with Gasteiger partial charge in [0.1, 0.15) is 11.6 Å². The summed E-state index contributed by atoms with van der Waals surface area (Å²) in [7, 11) is 0. The molecule has 2 atom stereocenters. The summed E-state index contributed by atoms with van der Waals surface area (Å²) < 4.78 is 27.1. The first kappa shape index (κ1) is 14.4. The Bertz CT molecular complexity index is 433. The van der Waals surface area contributed by atoms with Gasteiger partial charge in [-0.25, -0.2) is 8.78 Å². The van der Waals surface area contributed by atoms with Gasteiger partial charge in [-0.1, -0.05) is 26.2 Å². The number of hydrogen-bond donors (Lipinski definition) is 1. The van der Waals surface area contributed by atoms with Gasteiger partial charge in [0.15, 0.2) is 0 Å². The van der Waals surface area contributed by atoms with Crippen molar-refractivity contribution in [2.75, 3.05) is 0 Å².